The lowest BCUT2D eigenvalue weighted by atomic mass is 10.1. The molecule has 0 aromatic heterocycles. The van der Waals surface area contributed by atoms with Gasteiger partial charge in [-0.25, -0.2) is 0 Å². The van der Waals surface area contributed by atoms with Gasteiger partial charge in [-0.2, -0.15) is 0 Å². The van der Waals surface area contributed by atoms with Gasteiger partial charge in [0.25, 0.3) is 0 Å². The molecule has 0 saturated heterocycles. The van der Waals surface area contributed by atoms with Crippen LogP contribution in [0.5, 0.6) is 0 Å². The lowest BCUT2D eigenvalue weighted by Gasteiger charge is -2.00. The van der Waals surface area contributed by atoms with Crippen LogP contribution in [0.3, 0.4) is 0 Å². The van der Waals surface area contributed by atoms with E-state index >= 15 is 0 Å². The molecule has 54 heavy (non-hydrogen) atoms. The van der Waals surface area contributed by atoms with E-state index in [4.69, 9.17) is 22.9 Å². The average Bonchev–Trinajstić information content (AvgIpc) is 3.25. The van der Waals surface area contributed by atoms with Crippen LogP contribution in [0.1, 0.15) is 0 Å². The van der Waals surface area contributed by atoms with E-state index in [0.717, 1.165) is 22.7 Å². The van der Waals surface area contributed by atoms with Crippen molar-refractivity contribution in [3.8, 4) is 44.5 Å². The van der Waals surface area contributed by atoms with Crippen molar-refractivity contribution in [1.82, 2.24) is 0 Å². The topological polar surface area (TPSA) is 104 Å². The highest BCUT2D eigenvalue weighted by Gasteiger charge is 1.97. The Morgan fingerprint density at radius 3 is 0.463 bits per heavy atom. The maximum absolute atomic E-state index is 5.60. The van der Waals surface area contributed by atoms with Crippen molar-refractivity contribution in [2.45, 2.75) is 0 Å². The van der Waals surface area contributed by atoms with Crippen LogP contribution in [-0.4, -0.2) is 0 Å². The lowest BCUT2D eigenvalue weighted by Crippen LogP contribution is -1.83. The van der Waals surface area contributed by atoms with Crippen molar-refractivity contribution >= 4 is 22.7 Å². The minimum atomic E-state index is 0.805. The molecule has 8 aromatic carbocycles. The Hall–Kier alpha value is -7.30. The van der Waals surface area contributed by atoms with Crippen LogP contribution < -0.4 is 22.9 Å². The van der Waals surface area contributed by atoms with Gasteiger partial charge in [0.15, 0.2) is 0 Å². The van der Waals surface area contributed by atoms with Crippen LogP contribution in [0.2, 0.25) is 0 Å². The minimum absolute atomic E-state index is 0.805. The van der Waals surface area contributed by atoms with Crippen molar-refractivity contribution in [3.63, 3.8) is 0 Å². The molecule has 8 N–H and O–H groups in total. The zero-order valence-corrected chi connectivity index (χ0v) is 30.5. The third-order valence-corrected chi connectivity index (χ3v) is 8.07. The summed E-state index contributed by atoms with van der Waals surface area (Å²) in [7, 11) is 0. The molecule has 8 aromatic rings. The highest BCUT2D eigenvalue weighted by molar-refractivity contribution is 5.68. The fourth-order valence-electron chi connectivity index (χ4n) is 5.22. The Kier molecular flexibility index (Phi) is 16.0. The molecule has 0 aliphatic rings. The molecule has 4 nitrogen and oxygen atoms in total. The minimum Gasteiger partial charge on any atom is -0.399 e. The third kappa shape index (κ3) is 13.1. The van der Waals surface area contributed by atoms with Gasteiger partial charge in [-0.05, 0) is 93.0 Å². The van der Waals surface area contributed by atoms with Crippen molar-refractivity contribution in [2.75, 3.05) is 22.9 Å². The standard InChI is InChI=1S/4C12H11N.C2H4/c4*13-12-8-6-11(7-9-12)10-4-2-1-3-5-10;1-2/h4*1-9H,13H2;1-2H2. The fraction of sp³-hybridized carbons (Fsp3) is 0. The lowest BCUT2D eigenvalue weighted by molar-refractivity contribution is 1.61. The van der Waals surface area contributed by atoms with Crippen molar-refractivity contribution in [3.05, 3.63) is 232 Å². The molecule has 0 unspecified atom stereocenters. The molecular weight excluding hydrogens is 657 g/mol. The molecule has 0 saturated carbocycles. The molecule has 0 aliphatic heterocycles. The second kappa shape index (κ2) is 21.8. The summed E-state index contributed by atoms with van der Waals surface area (Å²) in [5.41, 5.74) is 35.4. The first-order valence-electron chi connectivity index (χ1n) is 17.6. The van der Waals surface area contributed by atoms with Gasteiger partial charge in [0, 0.05) is 22.7 Å². The SMILES string of the molecule is C=C.Nc1ccc(-c2ccccc2)cc1.Nc1ccc(-c2ccccc2)cc1.Nc1ccc(-c2ccccc2)cc1.Nc1ccc(-c2ccccc2)cc1. The monoisotopic (exact) mass is 704 g/mol. The molecule has 4 heteroatoms. The van der Waals surface area contributed by atoms with E-state index in [0.29, 0.717) is 0 Å². The molecule has 0 radical (unpaired) electrons. The van der Waals surface area contributed by atoms with Gasteiger partial charge >= 0.3 is 0 Å². The van der Waals surface area contributed by atoms with E-state index < -0.39 is 0 Å². The number of nitrogen functional groups attached to an aromatic ring is 4. The summed E-state index contributed by atoms with van der Waals surface area (Å²) >= 11 is 0. The second-order valence-electron chi connectivity index (χ2n) is 12.0. The van der Waals surface area contributed by atoms with Crippen LogP contribution in [-0.2, 0) is 0 Å². The first-order chi connectivity index (χ1) is 26.4. The summed E-state index contributed by atoms with van der Waals surface area (Å²) < 4.78 is 0. The molecule has 0 fully saturated rings. The van der Waals surface area contributed by atoms with Crippen molar-refractivity contribution in [1.29, 1.82) is 0 Å². The molecule has 0 aliphatic carbocycles. The number of benzene rings is 8. The summed E-state index contributed by atoms with van der Waals surface area (Å²) in [6.07, 6.45) is 0. The van der Waals surface area contributed by atoms with Crippen LogP contribution in [0.15, 0.2) is 232 Å². The molecule has 8 rings (SSSR count). The zero-order valence-electron chi connectivity index (χ0n) is 30.5. The summed E-state index contributed by atoms with van der Waals surface area (Å²) in [5.74, 6) is 0. The Bertz CT molecular complexity index is 1840. The van der Waals surface area contributed by atoms with E-state index in [1.807, 2.05) is 170 Å². The Balaban J connectivity index is 0.000000158. The molecule has 0 bridgehead atoms. The van der Waals surface area contributed by atoms with Gasteiger partial charge in [-0.3, -0.25) is 0 Å². The van der Waals surface area contributed by atoms with Crippen LogP contribution in [0.4, 0.5) is 22.7 Å². The van der Waals surface area contributed by atoms with Crippen LogP contribution in [0, 0.1) is 0 Å². The van der Waals surface area contributed by atoms with E-state index in [1.54, 1.807) is 0 Å². The number of hydrogen-bond donors (Lipinski definition) is 4. The van der Waals surface area contributed by atoms with Crippen molar-refractivity contribution < 1.29 is 0 Å². The third-order valence-electron chi connectivity index (χ3n) is 8.07. The molecule has 0 spiro atoms. The van der Waals surface area contributed by atoms with Gasteiger partial charge < -0.3 is 22.9 Å². The largest absolute Gasteiger partial charge is 0.399 e. The second-order valence-corrected chi connectivity index (χ2v) is 12.0. The molecule has 0 amide bonds. The first-order valence-corrected chi connectivity index (χ1v) is 17.6. The fourth-order valence-corrected chi connectivity index (χ4v) is 5.22. The van der Waals surface area contributed by atoms with Gasteiger partial charge in [-0.15, -0.1) is 13.2 Å². The number of nitrogens with two attached hydrogens (primary N) is 4. The van der Waals surface area contributed by atoms with Crippen LogP contribution in [0.25, 0.3) is 44.5 Å². The van der Waals surface area contributed by atoms with Crippen molar-refractivity contribution in [2.24, 2.45) is 0 Å². The van der Waals surface area contributed by atoms with Gasteiger partial charge in [0.05, 0.1) is 0 Å². The van der Waals surface area contributed by atoms with E-state index in [2.05, 4.69) is 61.7 Å². The summed E-state index contributed by atoms with van der Waals surface area (Å²) in [6, 6.07) is 72.6. The number of hydrogen-bond acceptors (Lipinski definition) is 4. The maximum Gasteiger partial charge on any atom is 0.0314 e. The van der Waals surface area contributed by atoms with E-state index in [-0.39, 0.29) is 0 Å². The van der Waals surface area contributed by atoms with Crippen LogP contribution >= 0.6 is 0 Å². The quantitative estimate of drug-likeness (QED) is 0.108. The highest BCUT2D eigenvalue weighted by atomic mass is 14.5. The summed E-state index contributed by atoms with van der Waals surface area (Å²) in [4.78, 5) is 0. The average molecular weight is 705 g/mol. The van der Waals surface area contributed by atoms with E-state index in [9.17, 15) is 0 Å². The zero-order chi connectivity index (χ0) is 38.4. The normalized spacial score (nSPS) is 9.56. The van der Waals surface area contributed by atoms with Gasteiger partial charge in [-0.1, -0.05) is 170 Å². The summed E-state index contributed by atoms with van der Waals surface area (Å²) in [6.45, 7) is 6.00. The molecule has 268 valence electrons. The molecule has 0 heterocycles. The van der Waals surface area contributed by atoms with E-state index in [1.165, 1.54) is 44.5 Å². The Morgan fingerprint density at radius 1 is 0.185 bits per heavy atom. The smallest absolute Gasteiger partial charge is 0.0314 e. The molecule has 0 atom stereocenters. The first kappa shape index (κ1) is 39.5. The predicted octanol–water partition coefficient (Wildman–Crippen LogP) is 12.5. The van der Waals surface area contributed by atoms with Gasteiger partial charge in [0.1, 0.15) is 0 Å². The van der Waals surface area contributed by atoms with Gasteiger partial charge in [0.2, 0.25) is 0 Å². The maximum atomic E-state index is 5.60. The number of rotatable bonds is 4. The molecular formula is C50H48N4. The predicted molar refractivity (Wildman–Crippen MR) is 236 cm³/mol. The summed E-state index contributed by atoms with van der Waals surface area (Å²) in [5, 5.41) is 0. The highest BCUT2D eigenvalue weighted by Crippen LogP contribution is 2.22. The Morgan fingerprint density at radius 2 is 0.315 bits per heavy atom. The number of anilines is 4. The Labute approximate surface area is 320 Å².